The number of thiophene rings is 1. The Kier molecular flexibility index (Phi) is 3.87. The molecule has 0 aliphatic carbocycles. The van der Waals surface area contributed by atoms with Crippen LogP contribution in [0.3, 0.4) is 0 Å². The smallest absolute Gasteiger partial charge is 0.271 e. The Morgan fingerprint density at radius 2 is 1.94 bits per heavy atom. The van der Waals surface area contributed by atoms with Crippen molar-refractivity contribution in [3.05, 3.63) is 44.9 Å². The van der Waals surface area contributed by atoms with Crippen LogP contribution in [-0.2, 0) is 10.0 Å². The molecular formula is C10H6F2INO2S2. The number of sulfonamides is 1. The normalized spacial score (nSPS) is 11.5. The first kappa shape index (κ1) is 13.7. The fourth-order valence-corrected chi connectivity index (χ4v) is 3.74. The van der Waals surface area contributed by atoms with Gasteiger partial charge in [-0.25, -0.2) is 17.2 Å². The van der Waals surface area contributed by atoms with Crippen LogP contribution in [0.1, 0.15) is 0 Å². The predicted molar refractivity (Wildman–Crippen MR) is 74.2 cm³/mol. The molecule has 1 N–H and O–H groups in total. The van der Waals surface area contributed by atoms with Gasteiger partial charge in [0.15, 0.2) is 5.82 Å². The zero-order valence-corrected chi connectivity index (χ0v) is 12.4. The van der Waals surface area contributed by atoms with Gasteiger partial charge in [0.25, 0.3) is 10.0 Å². The summed E-state index contributed by atoms with van der Waals surface area (Å²) in [5.74, 6) is -1.65. The van der Waals surface area contributed by atoms with Gasteiger partial charge in [-0.2, -0.15) is 0 Å². The van der Waals surface area contributed by atoms with Gasteiger partial charge < -0.3 is 0 Å². The Bertz CT molecular complexity index is 671. The predicted octanol–water partition coefficient (Wildman–Crippen LogP) is 3.43. The Morgan fingerprint density at radius 3 is 2.56 bits per heavy atom. The highest BCUT2D eigenvalue weighted by molar-refractivity contribution is 14.1. The van der Waals surface area contributed by atoms with E-state index in [1.807, 2.05) is 0 Å². The summed E-state index contributed by atoms with van der Waals surface area (Å²) in [5.41, 5.74) is -0.269. The molecule has 1 aromatic carbocycles. The van der Waals surface area contributed by atoms with Gasteiger partial charge in [0.05, 0.1) is 9.26 Å². The topological polar surface area (TPSA) is 46.2 Å². The molecule has 96 valence electrons. The number of benzene rings is 1. The van der Waals surface area contributed by atoms with Crippen molar-refractivity contribution in [2.75, 3.05) is 4.72 Å². The standard InChI is InChI=1S/C10H6F2INO2S2/c11-6-3-4-7(9(12)10(6)13)14-18(15,16)8-2-1-5-17-8/h1-5,14H. The molecule has 0 radical (unpaired) electrons. The van der Waals surface area contributed by atoms with Crippen molar-refractivity contribution in [1.29, 1.82) is 0 Å². The molecule has 0 aliphatic heterocycles. The van der Waals surface area contributed by atoms with Crippen LogP contribution >= 0.6 is 33.9 Å². The summed E-state index contributed by atoms with van der Waals surface area (Å²) in [7, 11) is -3.82. The fraction of sp³-hybridized carbons (Fsp3) is 0. The first-order valence-electron chi connectivity index (χ1n) is 4.61. The van der Waals surface area contributed by atoms with Crippen LogP contribution in [0.25, 0.3) is 0 Å². The molecule has 2 rings (SSSR count). The highest BCUT2D eigenvalue weighted by Crippen LogP contribution is 2.26. The van der Waals surface area contributed by atoms with Gasteiger partial charge in [-0.1, -0.05) is 6.07 Å². The third kappa shape index (κ3) is 2.64. The van der Waals surface area contributed by atoms with Gasteiger partial charge in [-0.3, -0.25) is 4.72 Å². The van der Waals surface area contributed by atoms with Gasteiger partial charge in [-0.15, -0.1) is 11.3 Å². The van der Waals surface area contributed by atoms with E-state index in [0.29, 0.717) is 0 Å². The second-order valence-electron chi connectivity index (χ2n) is 3.26. The molecule has 0 aliphatic rings. The minimum atomic E-state index is -3.82. The number of halogens is 3. The molecule has 0 saturated heterocycles. The van der Waals surface area contributed by atoms with Crippen LogP contribution in [0, 0.1) is 15.2 Å². The zero-order valence-electron chi connectivity index (χ0n) is 8.65. The number of hydrogen-bond acceptors (Lipinski definition) is 3. The summed E-state index contributed by atoms with van der Waals surface area (Å²) >= 11 is 2.49. The minimum absolute atomic E-state index is 0.0706. The van der Waals surface area contributed by atoms with E-state index in [1.54, 1.807) is 11.4 Å². The largest absolute Gasteiger partial charge is 0.276 e. The quantitative estimate of drug-likeness (QED) is 0.633. The molecule has 3 nitrogen and oxygen atoms in total. The summed E-state index contributed by atoms with van der Waals surface area (Å²) in [4.78, 5) is 0. The third-order valence-electron chi connectivity index (χ3n) is 2.04. The molecule has 0 bridgehead atoms. The highest BCUT2D eigenvalue weighted by atomic mass is 127. The lowest BCUT2D eigenvalue weighted by Crippen LogP contribution is -2.13. The molecule has 0 unspecified atom stereocenters. The summed E-state index contributed by atoms with van der Waals surface area (Å²) in [6, 6.07) is 5.04. The second kappa shape index (κ2) is 5.10. The van der Waals surface area contributed by atoms with E-state index in [2.05, 4.69) is 4.72 Å². The van der Waals surface area contributed by atoms with Crippen molar-refractivity contribution >= 4 is 49.6 Å². The van der Waals surface area contributed by atoms with E-state index in [1.165, 1.54) is 28.7 Å². The average Bonchev–Trinajstić information content (AvgIpc) is 2.84. The Balaban J connectivity index is 2.39. The number of anilines is 1. The van der Waals surface area contributed by atoms with Gasteiger partial charge >= 0.3 is 0 Å². The minimum Gasteiger partial charge on any atom is -0.276 e. The molecule has 0 spiro atoms. The second-order valence-corrected chi connectivity index (χ2v) is 7.20. The van der Waals surface area contributed by atoms with E-state index < -0.39 is 21.7 Å². The lowest BCUT2D eigenvalue weighted by Gasteiger charge is -2.08. The lowest BCUT2D eigenvalue weighted by atomic mass is 10.3. The Hall–Kier alpha value is -0.740. The van der Waals surface area contributed by atoms with Crippen molar-refractivity contribution in [2.45, 2.75) is 4.21 Å². The number of hydrogen-bond donors (Lipinski definition) is 1. The zero-order chi connectivity index (χ0) is 13.3. The van der Waals surface area contributed by atoms with E-state index in [4.69, 9.17) is 0 Å². The van der Waals surface area contributed by atoms with Gasteiger partial charge in [-0.05, 0) is 46.2 Å². The SMILES string of the molecule is O=S(=O)(Nc1ccc(F)c(I)c1F)c1cccs1. The van der Waals surface area contributed by atoms with Crippen molar-refractivity contribution < 1.29 is 17.2 Å². The van der Waals surface area contributed by atoms with Gasteiger partial charge in [0.2, 0.25) is 0 Å². The maximum Gasteiger partial charge on any atom is 0.271 e. The monoisotopic (exact) mass is 401 g/mol. The molecule has 1 aromatic heterocycles. The van der Waals surface area contributed by atoms with E-state index in [-0.39, 0.29) is 13.5 Å². The molecule has 0 atom stereocenters. The van der Waals surface area contributed by atoms with Crippen LogP contribution in [0.15, 0.2) is 33.9 Å². The van der Waals surface area contributed by atoms with E-state index in [9.17, 15) is 17.2 Å². The number of nitrogens with one attached hydrogen (secondary N) is 1. The molecule has 0 fully saturated rings. The Labute approximate surface area is 120 Å². The summed E-state index contributed by atoms with van der Waals surface area (Å²) in [6.07, 6.45) is 0. The van der Waals surface area contributed by atoms with Crippen LogP contribution < -0.4 is 4.72 Å². The van der Waals surface area contributed by atoms with E-state index in [0.717, 1.165) is 23.5 Å². The molecule has 18 heavy (non-hydrogen) atoms. The molecular weight excluding hydrogens is 395 g/mol. The van der Waals surface area contributed by atoms with Crippen molar-refractivity contribution in [3.63, 3.8) is 0 Å². The third-order valence-corrected chi connectivity index (χ3v) is 5.79. The van der Waals surface area contributed by atoms with Crippen LogP contribution in [0.2, 0.25) is 0 Å². The average molecular weight is 401 g/mol. The maximum atomic E-state index is 13.7. The summed E-state index contributed by atoms with van der Waals surface area (Å²) in [6.45, 7) is 0. The highest BCUT2D eigenvalue weighted by Gasteiger charge is 2.19. The molecule has 1 heterocycles. The Morgan fingerprint density at radius 1 is 1.22 bits per heavy atom. The lowest BCUT2D eigenvalue weighted by molar-refractivity contribution is 0.571. The molecule has 0 amide bonds. The first-order chi connectivity index (χ1) is 8.42. The van der Waals surface area contributed by atoms with Crippen molar-refractivity contribution in [1.82, 2.24) is 0 Å². The first-order valence-corrected chi connectivity index (χ1v) is 8.06. The number of rotatable bonds is 3. The van der Waals surface area contributed by atoms with Crippen LogP contribution in [0.5, 0.6) is 0 Å². The fourth-order valence-electron chi connectivity index (χ4n) is 1.22. The molecule has 2 aromatic rings. The summed E-state index contributed by atoms with van der Waals surface area (Å²) in [5, 5.41) is 1.60. The summed E-state index contributed by atoms with van der Waals surface area (Å²) < 4.78 is 52.3. The van der Waals surface area contributed by atoms with Crippen molar-refractivity contribution in [3.8, 4) is 0 Å². The van der Waals surface area contributed by atoms with Crippen molar-refractivity contribution in [2.24, 2.45) is 0 Å². The molecule has 8 heteroatoms. The van der Waals surface area contributed by atoms with Gasteiger partial charge in [0, 0.05) is 0 Å². The molecule has 0 saturated carbocycles. The maximum absolute atomic E-state index is 13.7. The van der Waals surface area contributed by atoms with Crippen LogP contribution in [0.4, 0.5) is 14.5 Å². The van der Waals surface area contributed by atoms with E-state index >= 15 is 0 Å². The van der Waals surface area contributed by atoms with Gasteiger partial charge in [0.1, 0.15) is 10.0 Å². The van der Waals surface area contributed by atoms with Crippen LogP contribution in [-0.4, -0.2) is 8.42 Å².